The van der Waals surface area contributed by atoms with Crippen LogP contribution < -0.4 is 10.5 Å². The highest BCUT2D eigenvalue weighted by atomic mass is 79.9. The van der Waals surface area contributed by atoms with Crippen LogP contribution in [0.25, 0.3) is 0 Å². The van der Waals surface area contributed by atoms with Crippen LogP contribution in [0.4, 0.5) is 0 Å². The van der Waals surface area contributed by atoms with Crippen molar-refractivity contribution in [2.45, 2.75) is 31.7 Å². The van der Waals surface area contributed by atoms with Crippen molar-refractivity contribution in [3.63, 3.8) is 0 Å². The number of primary sulfonamides is 1. The van der Waals surface area contributed by atoms with Gasteiger partial charge in [-0.1, -0.05) is 13.8 Å². The van der Waals surface area contributed by atoms with Gasteiger partial charge in [0.1, 0.15) is 0 Å². The minimum atomic E-state index is -3.82. The Kier molecular flexibility index (Phi) is 5.11. The van der Waals surface area contributed by atoms with Gasteiger partial charge >= 0.3 is 0 Å². The molecule has 0 aliphatic heterocycles. The second-order valence-electron chi connectivity index (χ2n) is 4.69. The van der Waals surface area contributed by atoms with E-state index in [2.05, 4.69) is 21.2 Å². The summed E-state index contributed by atoms with van der Waals surface area (Å²) in [6.45, 7) is 5.86. The van der Waals surface area contributed by atoms with Gasteiger partial charge in [0.25, 0.3) is 5.91 Å². The fourth-order valence-corrected chi connectivity index (χ4v) is 2.27. The third-order valence-corrected chi connectivity index (χ3v) is 4.47. The number of rotatable bonds is 4. The maximum atomic E-state index is 12.1. The normalized spacial score (nSPS) is 13.4. The summed E-state index contributed by atoms with van der Waals surface area (Å²) in [5, 5.41) is 7.86. The van der Waals surface area contributed by atoms with Crippen LogP contribution in [0, 0.1) is 5.92 Å². The minimum Gasteiger partial charge on any atom is -0.349 e. The number of sulfonamides is 1. The number of carbonyl (C=O) groups excluding carboxylic acids is 1. The van der Waals surface area contributed by atoms with Crippen LogP contribution in [0.3, 0.4) is 0 Å². The molecule has 0 aliphatic carbocycles. The number of nitrogens with one attached hydrogen (secondary N) is 1. The van der Waals surface area contributed by atoms with E-state index in [9.17, 15) is 13.2 Å². The number of carbonyl (C=O) groups is 1. The average molecular weight is 349 g/mol. The zero-order valence-corrected chi connectivity index (χ0v) is 13.4. The Morgan fingerprint density at radius 3 is 2.37 bits per heavy atom. The Balaban J connectivity index is 3.10. The third kappa shape index (κ3) is 4.29. The first-order valence-corrected chi connectivity index (χ1v) is 8.10. The third-order valence-electron chi connectivity index (χ3n) is 2.87. The highest BCUT2D eigenvalue weighted by Crippen LogP contribution is 2.20. The topological polar surface area (TPSA) is 89.3 Å². The van der Waals surface area contributed by atoms with Crippen LogP contribution in [-0.2, 0) is 10.0 Å². The molecule has 0 bridgehead atoms. The summed E-state index contributed by atoms with van der Waals surface area (Å²) in [6, 6.07) is 4.09. The van der Waals surface area contributed by atoms with E-state index < -0.39 is 10.0 Å². The largest absolute Gasteiger partial charge is 0.349 e. The van der Waals surface area contributed by atoms with Gasteiger partial charge in [-0.15, -0.1) is 0 Å². The first kappa shape index (κ1) is 16.1. The van der Waals surface area contributed by atoms with Crippen LogP contribution in [0.5, 0.6) is 0 Å². The predicted octanol–water partition coefficient (Wildman–Crippen LogP) is 1.87. The molecule has 3 N–H and O–H groups in total. The first-order valence-electron chi connectivity index (χ1n) is 5.76. The zero-order valence-electron chi connectivity index (χ0n) is 11.0. The Bertz CT molecular complexity index is 585. The first-order chi connectivity index (χ1) is 8.62. The molecule has 1 atom stereocenters. The summed E-state index contributed by atoms with van der Waals surface area (Å²) in [7, 11) is -3.82. The van der Waals surface area contributed by atoms with Gasteiger partial charge < -0.3 is 5.32 Å². The molecule has 1 rings (SSSR count). The summed E-state index contributed by atoms with van der Waals surface area (Å²) in [5.41, 5.74) is 0.249. The lowest BCUT2D eigenvalue weighted by Crippen LogP contribution is -2.36. The lowest BCUT2D eigenvalue weighted by Gasteiger charge is -2.18. The molecule has 7 heteroatoms. The fraction of sp³-hybridized carbons (Fsp3) is 0.417. The highest BCUT2D eigenvalue weighted by Gasteiger charge is 2.18. The van der Waals surface area contributed by atoms with Crippen molar-refractivity contribution in [2.24, 2.45) is 11.1 Å². The van der Waals surface area contributed by atoms with Crippen molar-refractivity contribution in [2.75, 3.05) is 0 Å². The van der Waals surface area contributed by atoms with Gasteiger partial charge in [-0.25, -0.2) is 13.6 Å². The van der Waals surface area contributed by atoms with Gasteiger partial charge in [0.05, 0.1) is 10.5 Å². The van der Waals surface area contributed by atoms with E-state index in [-0.39, 0.29) is 28.3 Å². The van der Waals surface area contributed by atoms with Crippen LogP contribution in [-0.4, -0.2) is 20.4 Å². The fourth-order valence-electron chi connectivity index (χ4n) is 1.31. The maximum Gasteiger partial charge on any atom is 0.252 e. The molecule has 106 valence electrons. The van der Waals surface area contributed by atoms with Gasteiger partial charge in [0, 0.05) is 10.5 Å². The van der Waals surface area contributed by atoms with E-state index in [1.54, 1.807) is 0 Å². The molecule has 0 saturated heterocycles. The second-order valence-corrected chi connectivity index (χ2v) is 7.11. The van der Waals surface area contributed by atoms with Crippen LogP contribution >= 0.6 is 15.9 Å². The van der Waals surface area contributed by atoms with Crippen molar-refractivity contribution in [3.8, 4) is 0 Å². The van der Waals surface area contributed by atoms with E-state index in [1.165, 1.54) is 18.2 Å². The van der Waals surface area contributed by atoms with E-state index in [0.717, 1.165) is 0 Å². The number of nitrogens with two attached hydrogens (primary N) is 1. The van der Waals surface area contributed by atoms with E-state index in [0.29, 0.717) is 4.47 Å². The number of hydrogen-bond donors (Lipinski definition) is 2. The molecular formula is C12H17BrN2O3S. The molecule has 0 unspecified atom stereocenters. The van der Waals surface area contributed by atoms with Gasteiger partial charge in [-0.3, -0.25) is 4.79 Å². The molecule has 0 spiro atoms. The van der Waals surface area contributed by atoms with Gasteiger partial charge in [0.2, 0.25) is 10.0 Å². The van der Waals surface area contributed by atoms with E-state index in [4.69, 9.17) is 5.14 Å². The number of hydrogen-bond acceptors (Lipinski definition) is 3. The summed E-state index contributed by atoms with van der Waals surface area (Å²) < 4.78 is 23.1. The molecule has 1 aromatic carbocycles. The van der Waals surface area contributed by atoms with Crippen LogP contribution in [0.2, 0.25) is 0 Å². The van der Waals surface area contributed by atoms with Gasteiger partial charge in [-0.2, -0.15) is 0 Å². The average Bonchev–Trinajstić information content (AvgIpc) is 2.27. The second kappa shape index (κ2) is 6.02. The summed E-state index contributed by atoms with van der Waals surface area (Å²) in [6.07, 6.45) is 0. The van der Waals surface area contributed by atoms with Crippen molar-refractivity contribution < 1.29 is 13.2 Å². The predicted molar refractivity (Wildman–Crippen MR) is 77.3 cm³/mol. The summed E-state index contributed by atoms with van der Waals surface area (Å²) in [4.78, 5) is 12.0. The van der Waals surface area contributed by atoms with Crippen molar-refractivity contribution in [3.05, 3.63) is 28.2 Å². The lowest BCUT2D eigenvalue weighted by molar-refractivity contribution is 0.0929. The molecule has 0 heterocycles. The van der Waals surface area contributed by atoms with Gasteiger partial charge in [-0.05, 0) is 47.0 Å². The standard InChI is InChI=1S/C12H17BrN2O3S/c1-7(2)8(3)15-12(16)10-6-9(19(14,17)18)4-5-11(10)13/h4-8H,1-3H3,(H,15,16)(H2,14,17,18)/t8-/m1/s1. The van der Waals surface area contributed by atoms with Crippen molar-refractivity contribution in [1.82, 2.24) is 5.32 Å². The molecule has 1 aromatic rings. The molecule has 0 radical (unpaired) electrons. The van der Waals surface area contributed by atoms with Crippen molar-refractivity contribution >= 4 is 31.9 Å². The molecule has 19 heavy (non-hydrogen) atoms. The summed E-state index contributed by atoms with van der Waals surface area (Å²) in [5.74, 6) is -0.0530. The smallest absolute Gasteiger partial charge is 0.252 e. The Morgan fingerprint density at radius 1 is 1.32 bits per heavy atom. The van der Waals surface area contributed by atoms with E-state index in [1.807, 2.05) is 20.8 Å². The Labute approximate surface area is 121 Å². The minimum absolute atomic E-state index is 0.0162. The Morgan fingerprint density at radius 2 is 1.89 bits per heavy atom. The molecule has 0 fully saturated rings. The quantitative estimate of drug-likeness (QED) is 0.870. The van der Waals surface area contributed by atoms with Crippen LogP contribution in [0.15, 0.2) is 27.6 Å². The van der Waals surface area contributed by atoms with Crippen LogP contribution in [0.1, 0.15) is 31.1 Å². The monoisotopic (exact) mass is 348 g/mol. The van der Waals surface area contributed by atoms with E-state index >= 15 is 0 Å². The maximum absolute atomic E-state index is 12.1. The van der Waals surface area contributed by atoms with Gasteiger partial charge in [0.15, 0.2) is 0 Å². The summed E-state index contributed by atoms with van der Waals surface area (Å²) >= 11 is 3.23. The molecular weight excluding hydrogens is 332 g/mol. The molecule has 5 nitrogen and oxygen atoms in total. The molecule has 0 aliphatic rings. The SMILES string of the molecule is CC(C)[C@@H](C)NC(=O)c1cc(S(N)(=O)=O)ccc1Br. The zero-order chi connectivity index (χ0) is 14.8. The van der Waals surface area contributed by atoms with Crippen molar-refractivity contribution in [1.29, 1.82) is 0 Å². The lowest BCUT2D eigenvalue weighted by atomic mass is 10.1. The number of halogens is 1. The molecule has 0 aromatic heterocycles. The molecule has 1 amide bonds. The number of benzene rings is 1. The Hall–Kier alpha value is -0.920. The molecule has 0 saturated carbocycles. The highest BCUT2D eigenvalue weighted by molar-refractivity contribution is 9.10. The number of amides is 1.